The maximum Gasteiger partial charge on any atom is 0.390 e. The van der Waals surface area contributed by atoms with Crippen LogP contribution in [0.3, 0.4) is 0 Å². The van der Waals surface area contributed by atoms with Gasteiger partial charge in [0.05, 0.1) is 12.3 Å². The van der Waals surface area contributed by atoms with E-state index < -0.39 is 24.5 Å². The molecule has 6 heteroatoms. The predicted molar refractivity (Wildman–Crippen MR) is 52.5 cm³/mol. The maximum absolute atomic E-state index is 12.1. The lowest BCUT2D eigenvalue weighted by atomic mass is 9.96. The number of carboxylic acid groups (broad SMARTS) is 1. The van der Waals surface area contributed by atoms with Gasteiger partial charge in [-0.15, -0.1) is 0 Å². The van der Waals surface area contributed by atoms with Crippen LogP contribution in [0.4, 0.5) is 13.2 Å². The van der Waals surface area contributed by atoms with Crippen LogP contribution in [0.5, 0.6) is 0 Å². The maximum atomic E-state index is 12.1. The third-order valence-electron chi connectivity index (χ3n) is 2.01. The fraction of sp³-hybridized carbons (Fsp3) is 0.300. The highest BCUT2D eigenvalue weighted by Gasteiger charge is 2.36. The van der Waals surface area contributed by atoms with Gasteiger partial charge in [-0.05, 0) is 17.7 Å². The molecule has 1 aromatic rings. The van der Waals surface area contributed by atoms with Gasteiger partial charge in [0.2, 0.25) is 0 Å². The summed E-state index contributed by atoms with van der Waals surface area (Å²) in [6.45, 7) is 0. The Morgan fingerprint density at radius 3 is 2.19 bits per heavy atom. The second-order valence-corrected chi connectivity index (χ2v) is 3.70. The number of carboxylic acids is 1. The van der Waals surface area contributed by atoms with Crippen LogP contribution in [0.25, 0.3) is 0 Å². The molecule has 16 heavy (non-hydrogen) atoms. The highest BCUT2D eigenvalue weighted by atomic mass is 35.5. The Hall–Kier alpha value is -1.23. The van der Waals surface area contributed by atoms with Gasteiger partial charge in [0.15, 0.2) is 0 Å². The standard InChI is InChI=1S/C10H8ClF3O2/c11-7-3-1-6(2-4-7)8(9(15)16)5-10(12,13)14/h1-4,8H,5H2,(H,15,16)/t8-/m0/s1. The smallest absolute Gasteiger partial charge is 0.390 e. The molecule has 0 saturated heterocycles. The minimum absolute atomic E-state index is 0.0919. The van der Waals surface area contributed by atoms with Crippen LogP contribution in [-0.2, 0) is 4.79 Å². The molecule has 1 N–H and O–H groups in total. The molecule has 1 atom stereocenters. The van der Waals surface area contributed by atoms with Crippen LogP contribution >= 0.6 is 11.6 Å². The third kappa shape index (κ3) is 3.73. The summed E-state index contributed by atoms with van der Waals surface area (Å²) in [5, 5.41) is 9.07. The Bertz CT molecular complexity index is 373. The number of hydrogen-bond acceptors (Lipinski definition) is 1. The van der Waals surface area contributed by atoms with Gasteiger partial charge in [-0.2, -0.15) is 13.2 Å². The first-order valence-corrected chi connectivity index (χ1v) is 4.72. The molecule has 0 fully saturated rings. The van der Waals surface area contributed by atoms with Crippen molar-refractivity contribution in [3.05, 3.63) is 34.9 Å². The molecule has 1 rings (SSSR count). The van der Waals surface area contributed by atoms with Gasteiger partial charge < -0.3 is 5.11 Å². The number of halogens is 4. The molecule has 88 valence electrons. The number of rotatable bonds is 3. The van der Waals surface area contributed by atoms with Gasteiger partial charge in [-0.1, -0.05) is 23.7 Å². The van der Waals surface area contributed by atoms with Crippen LogP contribution in [-0.4, -0.2) is 17.3 Å². The van der Waals surface area contributed by atoms with Gasteiger partial charge >= 0.3 is 12.1 Å². The molecule has 0 bridgehead atoms. The van der Waals surface area contributed by atoms with Gasteiger partial charge in [0.25, 0.3) is 0 Å². The summed E-state index contributed by atoms with van der Waals surface area (Å²) < 4.78 is 36.4. The first kappa shape index (κ1) is 12.8. The molecule has 2 nitrogen and oxygen atoms in total. The van der Waals surface area contributed by atoms with Gasteiger partial charge in [-0.3, -0.25) is 4.79 Å². The number of benzene rings is 1. The molecule has 0 aromatic heterocycles. The first-order valence-electron chi connectivity index (χ1n) is 4.34. The van der Waals surface area contributed by atoms with E-state index >= 15 is 0 Å². The number of aliphatic carboxylic acids is 1. The molecule has 1 aromatic carbocycles. The Labute approximate surface area is 94.6 Å². The summed E-state index contributed by atoms with van der Waals surface area (Å²) in [4.78, 5) is 10.7. The topological polar surface area (TPSA) is 37.3 Å². The largest absolute Gasteiger partial charge is 0.481 e. The minimum atomic E-state index is -4.51. The fourth-order valence-electron chi connectivity index (χ4n) is 1.27. The second-order valence-electron chi connectivity index (χ2n) is 3.26. The van der Waals surface area contributed by atoms with E-state index in [1.165, 1.54) is 24.3 Å². The van der Waals surface area contributed by atoms with Crippen molar-refractivity contribution in [3.63, 3.8) is 0 Å². The van der Waals surface area contributed by atoms with Crippen molar-refractivity contribution < 1.29 is 23.1 Å². The molecule has 0 heterocycles. The van der Waals surface area contributed by atoms with Crippen molar-refractivity contribution in [1.29, 1.82) is 0 Å². The zero-order valence-electron chi connectivity index (χ0n) is 7.96. The summed E-state index contributed by atoms with van der Waals surface area (Å²) >= 11 is 5.56. The van der Waals surface area contributed by atoms with Crippen molar-refractivity contribution in [2.75, 3.05) is 0 Å². The minimum Gasteiger partial charge on any atom is -0.481 e. The molecule has 0 radical (unpaired) electrons. The van der Waals surface area contributed by atoms with E-state index in [0.717, 1.165) is 0 Å². The zero-order chi connectivity index (χ0) is 12.3. The Balaban J connectivity index is 2.94. The predicted octanol–water partition coefficient (Wildman–Crippen LogP) is 3.46. The van der Waals surface area contributed by atoms with Crippen molar-refractivity contribution in [2.24, 2.45) is 0 Å². The van der Waals surface area contributed by atoms with E-state index in [-0.39, 0.29) is 5.56 Å². The quantitative estimate of drug-likeness (QED) is 0.894. The van der Waals surface area contributed by atoms with Crippen LogP contribution in [0.2, 0.25) is 5.02 Å². The van der Waals surface area contributed by atoms with E-state index in [0.29, 0.717) is 5.02 Å². The highest BCUT2D eigenvalue weighted by Crippen LogP contribution is 2.31. The normalized spacial score (nSPS) is 13.5. The molecule has 0 aliphatic carbocycles. The second kappa shape index (κ2) is 4.74. The van der Waals surface area contributed by atoms with E-state index in [4.69, 9.17) is 16.7 Å². The van der Waals surface area contributed by atoms with E-state index in [1.54, 1.807) is 0 Å². The average Bonchev–Trinajstić information content (AvgIpc) is 2.14. The van der Waals surface area contributed by atoms with Crippen molar-refractivity contribution in [3.8, 4) is 0 Å². The van der Waals surface area contributed by atoms with E-state index in [2.05, 4.69) is 0 Å². The lowest BCUT2D eigenvalue weighted by Gasteiger charge is -2.14. The molecular formula is C10H8ClF3O2. The molecule has 0 saturated carbocycles. The summed E-state index contributed by atoms with van der Waals surface area (Å²) in [6, 6.07) is 5.30. The average molecular weight is 253 g/mol. The number of carbonyl (C=O) groups is 1. The Morgan fingerprint density at radius 1 is 1.31 bits per heavy atom. The molecule has 0 aliphatic heterocycles. The highest BCUT2D eigenvalue weighted by molar-refractivity contribution is 6.30. The summed E-state index contributed by atoms with van der Waals surface area (Å²) in [5.74, 6) is -3.09. The van der Waals surface area contributed by atoms with Gasteiger partial charge in [-0.25, -0.2) is 0 Å². The van der Waals surface area contributed by atoms with Crippen LogP contribution in [0, 0.1) is 0 Å². The summed E-state index contributed by atoms with van der Waals surface area (Å²) in [6.07, 6.45) is -5.90. The number of hydrogen-bond donors (Lipinski definition) is 1. The van der Waals surface area contributed by atoms with Crippen LogP contribution < -0.4 is 0 Å². The lowest BCUT2D eigenvalue weighted by Crippen LogP contribution is -2.20. The van der Waals surface area contributed by atoms with Gasteiger partial charge in [0.1, 0.15) is 0 Å². The van der Waals surface area contributed by atoms with Crippen molar-refractivity contribution >= 4 is 17.6 Å². The van der Waals surface area contributed by atoms with Crippen LogP contribution in [0.1, 0.15) is 17.9 Å². The Morgan fingerprint density at radius 2 is 1.81 bits per heavy atom. The lowest BCUT2D eigenvalue weighted by molar-refractivity contribution is -0.157. The van der Waals surface area contributed by atoms with Crippen LogP contribution in [0.15, 0.2) is 24.3 Å². The Kier molecular flexibility index (Phi) is 3.80. The molecule has 0 unspecified atom stereocenters. The first-order chi connectivity index (χ1) is 7.29. The molecule has 0 aliphatic rings. The summed E-state index contributed by atoms with van der Waals surface area (Å²) in [7, 11) is 0. The summed E-state index contributed by atoms with van der Waals surface area (Å²) in [5.41, 5.74) is 0.0919. The third-order valence-corrected chi connectivity index (χ3v) is 2.26. The van der Waals surface area contributed by atoms with E-state index in [9.17, 15) is 18.0 Å². The zero-order valence-corrected chi connectivity index (χ0v) is 8.72. The van der Waals surface area contributed by atoms with E-state index in [1.807, 2.05) is 0 Å². The number of alkyl halides is 3. The monoisotopic (exact) mass is 252 g/mol. The fourth-order valence-corrected chi connectivity index (χ4v) is 1.40. The molecule has 0 amide bonds. The SMILES string of the molecule is O=C(O)[C@@H](CC(F)(F)F)c1ccc(Cl)cc1. The van der Waals surface area contributed by atoms with Crippen molar-refractivity contribution in [2.45, 2.75) is 18.5 Å². The molecular weight excluding hydrogens is 245 g/mol. The van der Waals surface area contributed by atoms with Gasteiger partial charge in [0, 0.05) is 5.02 Å². The molecule has 0 spiro atoms. The van der Waals surface area contributed by atoms with Crippen molar-refractivity contribution in [1.82, 2.24) is 0 Å².